The molecule has 1 heterocycles. The Labute approximate surface area is 116 Å². The van der Waals surface area contributed by atoms with E-state index in [-0.39, 0.29) is 17.5 Å². The normalized spacial score (nSPS) is 24.6. The number of aliphatic hydroxyl groups excluding tert-OH is 1. The standard InChI is InChI=1S/C11H17NO3S3/c1-16-9-3-2-8(6-9)12-18(14,15)11-4-5-17-10(11)7-13/h4-5,8-9,12-13H,2-3,6-7H2,1H3. The molecule has 0 aromatic carbocycles. The third-order valence-corrected chi connectivity index (χ3v) is 6.91. The first-order valence-corrected chi connectivity index (χ1v) is 9.44. The number of nitrogens with one attached hydrogen (secondary N) is 1. The number of hydrogen-bond acceptors (Lipinski definition) is 5. The fourth-order valence-corrected chi connectivity index (χ4v) is 5.60. The van der Waals surface area contributed by atoms with Crippen LogP contribution in [0.4, 0.5) is 0 Å². The first kappa shape index (κ1) is 14.3. The number of thioether (sulfide) groups is 1. The Morgan fingerprint density at radius 2 is 2.33 bits per heavy atom. The highest BCUT2D eigenvalue weighted by atomic mass is 32.2. The van der Waals surface area contributed by atoms with Gasteiger partial charge in [0.15, 0.2) is 0 Å². The van der Waals surface area contributed by atoms with E-state index < -0.39 is 10.0 Å². The largest absolute Gasteiger partial charge is 0.391 e. The van der Waals surface area contributed by atoms with Gasteiger partial charge in [-0.15, -0.1) is 11.3 Å². The lowest BCUT2D eigenvalue weighted by atomic mass is 10.3. The molecule has 0 bridgehead atoms. The second kappa shape index (κ2) is 5.92. The van der Waals surface area contributed by atoms with E-state index in [4.69, 9.17) is 5.11 Å². The second-order valence-corrected chi connectivity index (χ2v) is 8.18. The van der Waals surface area contributed by atoms with Crippen LogP contribution in [0, 0.1) is 0 Å². The van der Waals surface area contributed by atoms with Gasteiger partial charge in [-0.1, -0.05) is 0 Å². The molecule has 1 aliphatic rings. The molecule has 1 aromatic rings. The second-order valence-electron chi connectivity index (χ2n) is 4.36. The van der Waals surface area contributed by atoms with Gasteiger partial charge in [-0.2, -0.15) is 11.8 Å². The Morgan fingerprint density at radius 1 is 1.56 bits per heavy atom. The Bertz CT molecular complexity index is 497. The van der Waals surface area contributed by atoms with Crippen molar-refractivity contribution in [3.05, 3.63) is 16.3 Å². The van der Waals surface area contributed by atoms with E-state index in [9.17, 15) is 8.42 Å². The molecule has 4 nitrogen and oxygen atoms in total. The summed E-state index contributed by atoms with van der Waals surface area (Å²) < 4.78 is 27.2. The fourth-order valence-electron chi connectivity index (χ4n) is 2.23. The van der Waals surface area contributed by atoms with Gasteiger partial charge in [0.05, 0.1) is 11.5 Å². The predicted octanol–water partition coefficient (Wildman–Crippen LogP) is 1.80. The van der Waals surface area contributed by atoms with E-state index in [1.807, 2.05) is 0 Å². The maximum absolute atomic E-state index is 12.2. The number of rotatable bonds is 5. The van der Waals surface area contributed by atoms with Gasteiger partial charge in [0.2, 0.25) is 10.0 Å². The van der Waals surface area contributed by atoms with Crippen LogP contribution in [0.3, 0.4) is 0 Å². The minimum atomic E-state index is -3.48. The summed E-state index contributed by atoms with van der Waals surface area (Å²) in [6, 6.07) is 1.58. The molecule has 1 aromatic heterocycles. The highest BCUT2D eigenvalue weighted by molar-refractivity contribution is 7.99. The Balaban J connectivity index is 2.09. The minimum absolute atomic E-state index is 0.0268. The zero-order chi connectivity index (χ0) is 13.2. The van der Waals surface area contributed by atoms with Crippen molar-refractivity contribution < 1.29 is 13.5 Å². The van der Waals surface area contributed by atoms with E-state index in [1.165, 1.54) is 11.3 Å². The summed E-state index contributed by atoms with van der Waals surface area (Å²) in [5.41, 5.74) is 0. The molecule has 0 amide bonds. The van der Waals surface area contributed by atoms with Crippen molar-refractivity contribution in [3.63, 3.8) is 0 Å². The van der Waals surface area contributed by atoms with Crippen molar-refractivity contribution in [2.24, 2.45) is 0 Å². The van der Waals surface area contributed by atoms with Gasteiger partial charge < -0.3 is 5.11 Å². The first-order chi connectivity index (χ1) is 8.56. The van der Waals surface area contributed by atoms with E-state index in [0.29, 0.717) is 10.1 Å². The van der Waals surface area contributed by atoms with Crippen molar-refractivity contribution in [2.45, 2.75) is 42.1 Å². The van der Waals surface area contributed by atoms with Gasteiger partial charge in [0.25, 0.3) is 0 Å². The molecule has 1 aliphatic carbocycles. The van der Waals surface area contributed by atoms with Gasteiger partial charge in [0.1, 0.15) is 0 Å². The summed E-state index contributed by atoms with van der Waals surface area (Å²) in [7, 11) is -3.48. The van der Waals surface area contributed by atoms with Crippen molar-refractivity contribution in [2.75, 3.05) is 6.26 Å². The van der Waals surface area contributed by atoms with Gasteiger partial charge in [-0.3, -0.25) is 0 Å². The molecule has 1 saturated carbocycles. The summed E-state index contributed by atoms with van der Waals surface area (Å²) in [5.74, 6) is 0. The lowest BCUT2D eigenvalue weighted by Crippen LogP contribution is -2.33. The fraction of sp³-hybridized carbons (Fsp3) is 0.636. The molecule has 0 saturated heterocycles. The van der Waals surface area contributed by atoms with Crippen LogP contribution in [-0.4, -0.2) is 31.1 Å². The maximum Gasteiger partial charge on any atom is 0.242 e. The molecule has 102 valence electrons. The Hall–Kier alpha value is -0.0800. The van der Waals surface area contributed by atoms with Crippen LogP contribution >= 0.6 is 23.1 Å². The first-order valence-electron chi connectivity index (χ1n) is 5.79. The SMILES string of the molecule is CSC1CCC(NS(=O)(=O)c2ccsc2CO)C1. The molecule has 2 N–H and O–H groups in total. The summed E-state index contributed by atoms with van der Waals surface area (Å²) in [4.78, 5) is 0.726. The van der Waals surface area contributed by atoms with Crippen molar-refractivity contribution in [1.29, 1.82) is 0 Å². The van der Waals surface area contributed by atoms with Crippen molar-refractivity contribution in [3.8, 4) is 0 Å². The molecule has 2 unspecified atom stereocenters. The molecule has 0 spiro atoms. The lowest BCUT2D eigenvalue weighted by Gasteiger charge is -2.13. The quantitative estimate of drug-likeness (QED) is 0.870. The third-order valence-electron chi connectivity index (χ3n) is 3.18. The summed E-state index contributed by atoms with van der Waals surface area (Å²) >= 11 is 3.06. The van der Waals surface area contributed by atoms with Crippen LogP contribution in [0.2, 0.25) is 0 Å². The zero-order valence-corrected chi connectivity index (χ0v) is 12.6. The van der Waals surface area contributed by atoms with E-state index in [1.54, 1.807) is 23.2 Å². The smallest absolute Gasteiger partial charge is 0.242 e. The van der Waals surface area contributed by atoms with Crippen LogP contribution in [0.1, 0.15) is 24.1 Å². The molecule has 7 heteroatoms. The number of aliphatic hydroxyl groups is 1. The topological polar surface area (TPSA) is 66.4 Å². The number of hydrogen-bond donors (Lipinski definition) is 2. The van der Waals surface area contributed by atoms with Crippen LogP contribution in [-0.2, 0) is 16.6 Å². The van der Waals surface area contributed by atoms with E-state index in [2.05, 4.69) is 11.0 Å². The van der Waals surface area contributed by atoms with E-state index in [0.717, 1.165) is 19.3 Å². The highest BCUT2D eigenvalue weighted by Crippen LogP contribution is 2.30. The van der Waals surface area contributed by atoms with E-state index >= 15 is 0 Å². The molecular formula is C11H17NO3S3. The summed E-state index contributed by atoms with van der Waals surface area (Å²) in [5, 5.41) is 11.4. The van der Waals surface area contributed by atoms with Gasteiger partial charge in [-0.05, 0) is 37.0 Å². The molecule has 1 fully saturated rings. The monoisotopic (exact) mass is 307 g/mol. The highest BCUT2D eigenvalue weighted by Gasteiger charge is 2.29. The molecule has 0 radical (unpaired) electrons. The lowest BCUT2D eigenvalue weighted by molar-refractivity contribution is 0.282. The summed E-state index contributed by atoms with van der Waals surface area (Å²) in [6.07, 6.45) is 4.90. The zero-order valence-electron chi connectivity index (χ0n) is 10.1. The van der Waals surface area contributed by atoms with Crippen LogP contribution in [0.5, 0.6) is 0 Å². The average molecular weight is 307 g/mol. The molecule has 2 rings (SSSR count). The maximum atomic E-state index is 12.2. The number of thiophene rings is 1. The van der Waals surface area contributed by atoms with Gasteiger partial charge in [0, 0.05) is 16.2 Å². The number of sulfonamides is 1. The minimum Gasteiger partial charge on any atom is -0.391 e. The third kappa shape index (κ3) is 3.08. The van der Waals surface area contributed by atoms with Gasteiger partial charge in [-0.25, -0.2) is 13.1 Å². The van der Waals surface area contributed by atoms with Gasteiger partial charge >= 0.3 is 0 Å². The van der Waals surface area contributed by atoms with Crippen molar-refractivity contribution in [1.82, 2.24) is 4.72 Å². The molecule has 2 atom stereocenters. The Kier molecular flexibility index (Phi) is 4.71. The average Bonchev–Trinajstić information content (AvgIpc) is 2.96. The van der Waals surface area contributed by atoms with Crippen LogP contribution in [0.15, 0.2) is 16.3 Å². The molecular weight excluding hydrogens is 290 g/mol. The Morgan fingerprint density at radius 3 is 2.94 bits per heavy atom. The van der Waals surface area contributed by atoms with Crippen LogP contribution < -0.4 is 4.72 Å². The van der Waals surface area contributed by atoms with Crippen molar-refractivity contribution >= 4 is 33.1 Å². The van der Waals surface area contributed by atoms with Crippen LogP contribution in [0.25, 0.3) is 0 Å². The molecule has 0 aliphatic heterocycles. The summed E-state index contributed by atoms with van der Waals surface area (Å²) in [6.45, 7) is -0.230. The predicted molar refractivity (Wildman–Crippen MR) is 75.5 cm³/mol. The molecule has 18 heavy (non-hydrogen) atoms.